The largest absolute Gasteiger partial charge is 0.345 e. The second kappa shape index (κ2) is 7.90. The summed E-state index contributed by atoms with van der Waals surface area (Å²) in [6.07, 6.45) is 3.31. The normalized spacial score (nSPS) is 12.4. The fraction of sp³-hybridized carbons (Fsp3) is 0.167. The monoisotopic (exact) mass is 344 g/mol. The number of amides is 1. The maximum atomic E-state index is 12.4. The van der Waals surface area contributed by atoms with Crippen LogP contribution in [0.25, 0.3) is 0 Å². The number of primary sulfonamides is 1. The SMILES string of the molecule is C=CCCC(NC(=O)c1ccc(S(N)(=O)=O)cc1)c1ccccc1. The maximum absolute atomic E-state index is 12.4. The lowest BCUT2D eigenvalue weighted by Gasteiger charge is -2.19. The number of hydrogen-bond donors (Lipinski definition) is 2. The van der Waals surface area contributed by atoms with Gasteiger partial charge in [0.25, 0.3) is 5.91 Å². The fourth-order valence-electron chi connectivity index (χ4n) is 2.33. The summed E-state index contributed by atoms with van der Waals surface area (Å²) >= 11 is 0. The third-order valence-corrected chi connectivity index (χ3v) is 4.54. The predicted molar refractivity (Wildman–Crippen MR) is 93.9 cm³/mol. The van der Waals surface area contributed by atoms with Crippen molar-refractivity contribution in [3.05, 3.63) is 78.4 Å². The van der Waals surface area contributed by atoms with E-state index in [0.29, 0.717) is 5.56 Å². The van der Waals surface area contributed by atoms with E-state index < -0.39 is 10.0 Å². The topological polar surface area (TPSA) is 89.3 Å². The van der Waals surface area contributed by atoms with Crippen LogP contribution in [0.4, 0.5) is 0 Å². The first-order chi connectivity index (χ1) is 11.4. The third-order valence-electron chi connectivity index (χ3n) is 3.61. The number of rotatable bonds is 7. The molecule has 24 heavy (non-hydrogen) atoms. The summed E-state index contributed by atoms with van der Waals surface area (Å²) in [5.74, 6) is -0.270. The molecule has 0 saturated heterocycles. The minimum Gasteiger partial charge on any atom is -0.345 e. The highest BCUT2D eigenvalue weighted by atomic mass is 32.2. The van der Waals surface area contributed by atoms with Crippen molar-refractivity contribution < 1.29 is 13.2 Å². The molecular formula is C18H20N2O3S. The molecule has 1 amide bonds. The molecule has 0 fully saturated rings. The summed E-state index contributed by atoms with van der Waals surface area (Å²) in [4.78, 5) is 12.4. The molecule has 2 aromatic rings. The van der Waals surface area contributed by atoms with Gasteiger partial charge in [-0.25, -0.2) is 13.6 Å². The Labute approximate surface area is 142 Å². The van der Waals surface area contributed by atoms with Crippen molar-refractivity contribution in [2.45, 2.75) is 23.8 Å². The molecule has 0 aliphatic carbocycles. The van der Waals surface area contributed by atoms with Crippen LogP contribution in [0.5, 0.6) is 0 Å². The Morgan fingerprint density at radius 1 is 1.12 bits per heavy atom. The smallest absolute Gasteiger partial charge is 0.251 e. The van der Waals surface area contributed by atoms with Crippen LogP contribution in [0.1, 0.15) is 34.8 Å². The first-order valence-electron chi connectivity index (χ1n) is 7.51. The first-order valence-corrected chi connectivity index (χ1v) is 9.06. The number of sulfonamides is 1. The molecule has 0 spiro atoms. The molecule has 5 nitrogen and oxygen atoms in total. The van der Waals surface area contributed by atoms with E-state index >= 15 is 0 Å². The van der Waals surface area contributed by atoms with Gasteiger partial charge in [-0.3, -0.25) is 4.79 Å². The van der Waals surface area contributed by atoms with Gasteiger partial charge in [-0.05, 0) is 42.7 Å². The maximum Gasteiger partial charge on any atom is 0.251 e. The number of allylic oxidation sites excluding steroid dienone is 1. The van der Waals surface area contributed by atoms with E-state index in [0.717, 1.165) is 18.4 Å². The van der Waals surface area contributed by atoms with Gasteiger partial charge >= 0.3 is 0 Å². The van der Waals surface area contributed by atoms with Gasteiger partial charge < -0.3 is 5.32 Å². The molecular weight excluding hydrogens is 324 g/mol. The van der Waals surface area contributed by atoms with Gasteiger partial charge in [0.2, 0.25) is 10.0 Å². The van der Waals surface area contributed by atoms with Crippen molar-refractivity contribution in [1.29, 1.82) is 0 Å². The minimum atomic E-state index is -3.77. The van der Waals surface area contributed by atoms with E-state index in [4.69, 9.17) is 5.14 Å². The van der Waals surface area contributed by atoms with Gasteiger partial charge in [0.1, 0.15) is 0 Å². The van der Waals surface area contributed by atoms with Crippen molar-refractivity contribution in [2.75, 3.05) is 0 Å². The number of hydrogen-bond acceptors (Lipinski definition) is 3. The quantitative estimate of drug-likeness (QED) is 0.757. The molecule has 0 saturated carbocycles. The van der Waals surface area contributed by atoms with Crippen LogP contribution in [-0.2, 0) is 10.0 Å². The fourth-order valence-corrected chi connectivity index (χ4v) is 2.85. The van der Waals surface area contributed by atoms with E-state index in [-0.39, 0.29) is 16.8 Å². The van der Waals surface area contributed by atoms with Crippen molar-refractivity contribution in [3.63, 3.8) is 0 Å². The van der Waals surface area contributed by atoms with Gasteiger partial charge in [0.15, 0.2) is 0 Å². The Morgan fingerprint density at radius 3 is 2.29 bits per heavy atom. The molecule has 0 aromatic heterocycles. The highest BCUT2D eigenvalue weighted by Crippen LogP contribution is 2.19. The van der Waals surface area contributed by atoms with Crippen molar-refractivity contribution in [1.82, 2.24) is 5.32 Å². The Bertz CT molecular complexity index is 800. The van der Waals surface area contributed by atoms with Crippen LogP contribution in [0.2, 0.25) is 0 Å². The lowest BCUT2D eigenvalue weighted by Crippen LogP contribution is -2.28. The Morgan fingerprint density at radius 2 is 1.75 bits per heavy atom. The zero-order valence-corrected chi connectivity index (χ0v) is 14.0. The van der Waals surface area contributed by atoms with Crippen LogP contribution in [-0.4, -0.2) is 14.3 Å². The number of carbonyl (C=O) groups is 1. The number of benzene rings is 2. The van der Waals surface area contributed by atoms with Gasteiger partial charge in [-0.2, -0.15) is 0 Å². The van der Waals surface area contributed by atoms with Crippen LogP contribution in [0.3, 0.4) is 0 Å². The van der Waals surface area contributed by atoms with Gasteiger partial charge in [0.05, 0.1) is 10.9 Å². The molecule has 126 valence electrons. The molecule has 2 aromatic carbocycles. The molecule has 0 aliphatic heterocycles. The molecule has 0 radical (unpaired) electrons. The Balaban J connectivity index is 2.16. The highest BCUT2D eigenvalue weighted by Gasteiger charge is 2.16. The molecule has 6 heteroatoms. The van der Waals surface area contributed by atoms with E-state index in [1.54, 1.807) is 0 Å². The van der Waals surface area contributed by atoms with Gasteiger partial charge in [-0.15, -0.1) is 6.58 Å². The van der Waals surface area contributed by atoms with Crippen molar-refractivity contribution >= 4 is 15.9 Å². The van der Waals surface area contributed by atoms with Crippen LogP contribution in [0.15, 0.2) is 72.1 Å². The third kappa shape index (κ3) is 4.78. The van der Waals surface area contributed by atoms with E-state index in [2.05, 4.69) is 11.9 Å². The molecule has 0 aliphatic rings. The summed E-state index contributed by atoms with van der Waals surface area (Å²) in [6.45, 7) is 3.71. The molecule has 3 N–H and O–H groups in total. The number of nitrogens with two attached hydrogens (primary N) is 1. The zero-order valence-electron chi connectivity index (χ0n) is 13.2. The van der Waals surface area contributed by atoms with Crippen molar-refractivity contribution in [2.24, 2.45) is 5.14 Å². The molecule has 1 unspecified atom stereocenters. The summed E-state index contributed by atoms with van der Waals surface area (Å²) < 4.78 is 22.5. The van der Waals surface area contributed by atoms with E-state index in [1.165, 1.54) is 24.3 Å². The predicted octanol–water partition coefficient (Wildman–Crippen LogP) is 2.77. The van der Waals surface area contributed by atoms with Crippen molar-refractivity contribution in [3.8, 4) is 0 Å². The molecule has 2 rings (SSSR count). The van der Waals surface area contributed by atoms with Crippen LogP contribution >= 0.6 is 0 Å². The Hall–Kier alpha value is -2.44. The molecule has 1 atom stereocenters. The second-order valence-corrected chi connectivity index (χ2v) is 6.93. The average Bonchev–Trinajstić information content (AvgIpc) is 2.58. The molecule has 0 bridgehead atoms. The number of carbonyl (C=O) groups excluding carboxylic acids is 1. The van der Waals surface area contributed by atoms with Crippen LogP contribution in [0, 0.1) is 0 Å². The van der Waals surface area contributed by atoms with Crippen LogP contribution < -0.4 is 10.5 Å². The minimum absolute atomic E-state index is 0.0229. The Kier molecular flexibility index (Phi) is 5.89. The summed E-state index contributed by atoms with van der Waals surface area (Å²) in [6, 6.07) is 15.1. The molecule has 0 heterocycles. The van der Waals surface area contributed by atoms with E-state index in [1.807, 2.05) is 36.4 Å². The van der Waals surface area contributed by atoms with Gasteiger partial charge in [-0.1, -0.05) is 36.4 Å². The lowest BCUT2D eigenvalue weighted by atomic mass is 10.0. The number of nitrogens with one attached hydrogen (secondary N) is 1. The highest BCUT2D eigenvalue weighted by molar-refractivity contribution is 7.89. The summed E-state index contributed by atoms with van der Waals surface area (Å²) in [7, 11) is -3.77. The standard InChI is InChI=1S/C18H20N2O3S/c1-2-3-9-17(14-7-5-4-6-8-14)20-18(21)15-10-12-16(13-11-15)24(19,22)23/h2,4-8,10-13,17H,1,3,9H2,(H,20,21)(H2,19,22,23). The lowest BCUT2D eigenvalue weighted by molar-refractivity contribution is 0.0934. The van der Waals surface area contributed by atoms with E-state index in [9.17, 15) is 13.2 Å². The first kappa shape index (κ1) is 17.9. The average molecular weight is 344 g/mol. The zero-order chi connectivity index (χ0) is 17.6. The summed E-state index contributed by atoms with van der Waals surface area (Å²) in [5, 5.41) is 8.03. The summed E-state index contributed by atoms with van der Waals surface area (Å²) in [5.41, 5.74) is 1.38. The van der Waals surface area contributed by atoms with Gasteiger partial charge in [0, 0.05) is 5.56 Å². The second-order valence-electron chi connectivity index (χ2n) is 5.37.